The molecule has 1 atom stereocenters. The number of nitrogens with zero attached hydrogens (tertiary/aromatic N) is 2. The van der Waals surface area contributed by atoms with E-state index in [-0.39, 0.29) is 34.3 Å². The summed E-state index contributed by atoms with van der Waals surface area (Å²) in [5, 5.41) is 3.17. The van der Waals surface area contributed by atoms with E-state index in [1.54, 1.807) is 6.07 Å². The van der Waals surface area contributed by atoms with Gasteiger partial charge in [0.25, 0.3) is 0 Å². The highest BCUT2D eigenvalue weighted by Crippen LogP contribution is 2.31. The molecule has 7 nitrogen and oxygen atoms in total. The molecule has 0 spiro atoms. The summed E-state index contributed by atoms with van der Waals surface area (Å²) >= 11 is 12.4. The van der Waals surface area contributed by atoms with Crippen LogP contribution in [0.15, 0.2) is 72.8 Å². The Kier molecular flexibility index (Phi) is 11.4. The molecule has 0 fully saturated rings. The molecule has 0 unspecified atom stereocenters. The number of sulfonamides is 1. The van der Waals surface area contributed by atoms with E-state index in [2.05, 4.69) is 5.32 Å². The Hall–Kier alpha value is -3.14. The first kappa shape index (κ1) is 31.4. The summed E-state index contributed by atoms with van der Waals surface area (Å²) in [7, 11) is -4.02. The van der Waals surface area contributed by atoms with Gasteiger partial charge in [0.15, 0.2) is 0 Å². The molecule has 0 aromatic heterocycles. The topological polar surface area (TPSA) is 86.8 Å². The third-order valence-electron chi connectivity index (χ3n) is 6.26. The number of carbonyl (C=O) groups excluding carboxylic acids is 2. The van der Waals surface area contributed by atoms with Gasteiger partial charge in [0, 0.05) is 30.1 Å². The Morgan fingerprint density at radius 1 is 1.00 bits per heavy atom. The monoisotopic (exact) mass is 607 g/mol. The van der Waals surface area contributed by atoms with E-state index in [0.717, 1.165) is 29.0 Å². The summed E-state index contributed by atoms with van der Waals surface area (Å²) in [6, 6.07) is 18.3. The predicted molar refractivity (Wildman–Crippen MR) is 157 cm³/mol. The van der Waals surface area contributed by atoms with E-state index in [1.165, 1.54) is 41.3 Å². The van der Waals surface area contributed by atoms with Crippen LogP contribution in [-0.4, -0.2) is 50.5 Å². The quantitative estimate of drug-likeness (QED) is 0.262. The lowest BCUT2D eigenvalue weighted by atomic mass is 10.0. The van der Waals surface area contributed by atoms with Crippen LogP contribution in [0.2, 0.25) is 10.0 Å². The fraction of sp³-hybridized carbons (Fsp3) is 0.310. The Labute approximate surface area is 244 Å². The number of halogens is 3. The molecule has 3 aromatic rings. The van der Waals surface area contributed by atoms with Crippen LogP contribution < -0.4 is 9.62 Å². The number of hydrogen-bond acceptors (Lipinski definition) is 4. The number of nitrogens with one attached hydrogen (secondary N) is 1. The normalized spacial score (nSPS) is 12.0. The van der Waals surface area contributed by atoms with Gasteiger partial charge >= 0.3 is 0 Å². The van der Waals surface area contributed by atoms with Gasteiger partial charge in [-0.1, -0.05) is 85.1 Å². The van der Waals surface area contributed by atoms with E-state index in [4.69, 9.17) is 23.2 Å². The third kappa shape index (κ3) is 8.68. The van der Waals surface area contributed by atoms with Crippen molar-refractivity contribution in [3.05, 3.63) is 99.8 Å². The summed E-state index contributed by atoms with van der Waals surface area (Å²) in [6.45, 7) is 1.45. The second-order valence-corrected chi connectivity index (χ2v) is 12.1. The zero-order chi connectivity index (χ0) is 29.3. The van der Waals surface area contributed by atoms with Crippen molar-refractivity contribution in [2.45, 2.75) is 38.8 Å². The average Bonchev–Trinajstić information content (AvgIpc) is 2.91. The van der Waals surface area contributed by atoms with Crippen molar-refractivity contribution < 1.29 is 22.4 Å². The lowest BCUT2D eigenvalue weighted by Crippen LogP contribution is -2.53. The molecular weight excluding hydrogens is 576 g/mol. The summed E-state index contributed by atoms with van der Waals surface area (Å²) in [5.74, 6) is -1.69. The van der Waals surface area contributed by atoms with Crippen molar-refractivity contribution in [2.75, 3.05) is 23.7 Å². The van der Waals surface area contributed by atoms with Gasteiger partial charge in [-0.3, -0.25) is 13.9 Å². The number of rotatable bonds is 13. The smallest absolute Gasteiger partial charge is 0.244 e. The van der Waals surface area contributed by atoms with Gasteiger partial charge in [0.05, 0.1) is 17.0 Å². The molecule has 214 valence electrons. The summed E-state index contributed by atoms with van der Waals surface area (Å²) in [5.41, 5.74) is 0.979. The number of amides is 2. The third-order valence-corrected chi connectivity index (χ3v) is 7.94. The molecule has 0 aliphatic heterocycles. The van der Waals surface area contributed by atoms with E-state index in [9.17, 15) is 22.4 Å². The minimum atomic E-state index is -4.02. The first-order valence-electron chi connectivity index (χ1n) is 12.8. The van der Waals surface area contributed by atoms with Crippen molar-refractivity contribution in [1.29, 1.82) is 0 Å². The number of unbranched alkanes of at least 4 members (excludes halogenated alkanes) is 1. The van der Waals surface area contributed by atoms with Gasteiger partial charge in [-0.05, 0) is 36.2 Å². The lowest BCUT2D eigenvalue weighted by molar-refractivity contribution is -0.140. The highest BCUT2D eigenvalue weighted by Gasteiger charge is 2.33. The van der Waals surface area contributed by atoms with E-state index in [1.807, 2.05) is 37.3 Å². The van der Waals surface area contributed by atoms with Crippen molar-refractivity contribution in [3.8, 4) is 0 Å². The van der Waals surface area contributed by atoms with E-state index in [0.29, 0.717) is 6.54 Å². The zero-order valence-corrected chi connectivity index (χ0v) is 24.6. The molecule has 0 heterocycles. The van der Waals surface area contributed by atoms with E-state index < -0.39 is 40.2 Å². The van der Waals surface area contributed by atoms with Crippen LogP contribution in [0.4, 0.5) is 10.1 Å². The predicted octanol–water partition coefficient (Wildman–Crippen LogP) is 5.45. The van der Waals surface area contributed by atoms with Crippen LogP contribution in [0, 0.1) is 5.82 Å². The molecule has 11 heteroatoms. The molecule has 3 aromatic carbocycles. The fourth-order valence-electron chi connectivity index (χ4n) is 4.14. The van der Waals surface area contributed by atoms with Gasteiger partial charge in [-0.25, -0.2) is 12.8 Å². The zero-order valence-electron chi connectivity index (χ0n) is 22.3. The summed E-state index contributed by atoms with van der Waals surface area (Å²) in [4.78, 5) is 28.7. The molecule has 0 aliphatic carbocycles. The highest BCUT2D eigenvalue weighted by atomic mass is 35.5. The van der Waals surface area contributed by atoms with Gasteiger partial charge in [0.1, 0.15) is 18.4 Å². The highest BCUT2D eigenvalue weighted by molar-refractivity contribution is 7.92. The van der Waals surface area contributed by atoms with Crippen molar-refractivity contribution >= 4 is 50.7 Å². The molecule has 0 radical (unpaired) electrons. The first-order chi connectivity index (χ1) is 19.0. The summed E-state index contributed by atoms with van der Waals surface area (Å²) in [6.07, 6.45) is 2.67. The molecule has 3 rings (SSSR count). The first-order valence-corrected chi connectivity index (χ1v) is 15.4. The van der Waals surface area contributed by atoms with Crippen LogP contribution in [0.3, 0.4) is 0 Å². The lowest BCUT2D eigenvalue weighted by Gasteiger charge is -2.33. The Bertz CT molecular complexity index is 1420. The molecule has 40 heavy (non-hydrogen) atoms. The SMILES string of the molecule is CCCCNC(=O)[C@H](Cc1ccccc1)N(Cc1ccccc1F)C(=O)CN(c1cc(Cl)ccc1Cl)S(C)(=O)=O. The largest absolute Gasteiger partial charge is 0.354 e. The molecule has 0 saturated heterocycles. The van der Waals surface area contributed by atoms with Crippen molar-refractivity contribution in [3.63, 3.8) is 0 Å². The standard InChI is InChI=1S/C29H32Cl2FN3O4S/c1-3-4-16-33-29(37)27(17-21-10-6-5-7-11-21)34(19-22-12-8-9-13-25(22)32)28(36)20-35(40(2,38)39)26-18-23(30)14-15-24(26)31/h5-15,18,27H,3-4,16-17,19-20H2,1-2H3,(H,33,37)/t27-/m0/s1. The van der Waals surface area contributed by atoms with Crippen LogP contribution in [0.25, 0.3) is 0 Å². The van der Waals surface area contributed by atoms with Crippen molar-refractivity contribution in [2.24, 2.45) is 0 Å². The van der Waals surface area contributed by atoms with Gasteiger partial charge in [0.2, 0.25) is 21.8 Å². The maximum absolute atomic E-state index is 14.8. The van der Waals surface area contributed by atoms with Crippen LogP contribution >= 0.6 is 23.2 Å². The number of hydrogen-bond donors (Lipinski definition) is 1. The van der Waals surface area contributed by atoms with Crippen molar-refractivity contribution in [1.82, 2.24) is 10.2 Å². The van der Waals surface area contributed by atoms with Gasteiger partial charge in [-0.15, -0.1) is 0 Å². The molecule has 1 N–H and O–H groups in total. The molecule has 0 aliphatic rings. The number of benzene rings is 3. The Morgan fingerprint density at radius 2 is 1.68 bits per heavy atom. The minimum Gasteiger partial charge on any atom is -0.354 e. The Balaban J connectivity index is 2.07. The number of anilines is 1. The summed E-state index contributed by atoms with van der Waals surface area (Å²) < 4.78 is 41.3. The van der Waals surface area contributed by atoms with Gasteiger partial charge in [-0.2, -0.15) is 0 Å². The van der Waals surface area contributed by atoms with Crippen LogP contribution in [-0.2, 0) is 32.6 Å². The molecule has 0 saturated carbocycles. The maximum atomic E-state index is 14.8. The average molecular weight is 609 g/mol. The second kappa shape index (κ2) is 14.5. The Morgan fingerprint density at radius 3 is 2.33 bits per heavy atom. The molecule has 0 bridgehead atoms. The van der Waals surface area contributed by atoms with Gasteiger partial charge < -0.3 is 10.2 Å². The van der Waals surface area contributed by atoms with E-state index >= 15 is 0 Å². The number of carbonyl (C=O) groups is 2. The fourth-order valence-corrected chi connectivity index (χ4v) is 5.43. The maximum Gasteiger partial charge on any atom is 0.244 e. The minimum absolute atomic E-state index is 0.0165. The van der Waals surface area contributed by atoms with Crippen LogP contribution in [0.1, 0.15) is 30.9 Å². The molecular formula is C29H32Cl2FN3O4S. The second-order valence-electron chi connectivity index (χ2n) is 9.33. The molecule has 2 amide bonds. The van der Waals surface area contributed by atoms with Crippen LogP contribution in [0.5, 0.6) is 0 Å².